The van der Waals surface area contributed by atoms with E-state index in [9.17, 15) is 9.59 Å². The highest BCUT2D eigenvalue weighted by Crippen LogP contribution is 2.62. The summed E-state index contributed by atoms with van der Waals surface area (Å²) in [5, 5.41) is 0. The first-order valence-corrected chi connectivity index (χ1v) is 7.16. The number of aldehydes is 1. The zero-order valence-electron chi connectivity index (χ0n) is 11.9. The Bertz CT molecular complexity index is 465. The Morgan fingerprint density at radius 3 is 2.68 bits per heavy atom. The Morgan fingerprint density at radius 2 is 2.05 bits per heavy atom. The van der Waals surface area contributed by atoms with Gasteiger partial charge in [0, 0.05) is 22.8 Å². The van der Waals surface area contributed by atoms with Gasteiger partial charge in [0.05, 0.1) is 0 Å². The summed E-state index contributed by atoms with van der Waals surface area (Å²) in [6.07, 6.45) is 3.91. The highest BCUT2D eigenvalue weighted by Gasteiger charge is 2.62. The van der Waals surface area contributed by atoms with Gasteiger partial charge in [0.2, 0.25) is 0 Å². The van der Waals surface area contributed by atoms with Gasteiger partial charge in [-0.2, -0.15) is 0 Å². The molecule has 2 saturated carbocycles. The monoisotopic (exact) mass is 262 g/mol. The van der Waals surface area contributed by atoms with Crippen LogP contribution < -0.4 is 0 Å². The summed E-state index contributed by atoms with van der Waals surface area (Å²) in [4.78, 5) is 23.5. The molecular formula is C16H22O3. The van der Waals surface area contributed by atoms with Gasteiger partial charge in [-0.25, -0.2) is 4.79 Å². The Balaban J connectivity index is 2.07. The van der Waals surface area contributed by atoms with Gasteiger partial charge in [0.1, 0.15) is 12.4 Å². The third kappa shape index (κ3) is 1.56. The molecule has 0 amide bonds. The predicted octanol–water partition coefficient (Wildman–Crippen LogP) is 2.75. The lowest BCUT2D eigenvalue weighted by atomic mass is 9.56. The van der Waals surface area contributed by atoms with Gasteiger partial charge in [0.25, 0.3) is 0 Å². The zero-order valence-corrected chi connectivity index (χ0v) is 11.9. The van der Waals surface area contributed by atoms with Crippen molar-refractivity contribution >= 4 is 12.3 Å². The summed E-state index contributed by atoms with van der Waals surface area (Å²) >= 11 is 0. The quantitative estimate of drug-likeness (QED) is 0.414. The summed E-state index contributed by atoms with van der Waals surface area (Å²) in [6, 6.07) is 0. The molecule has 0 radical (unpaired) electrons. The van der Waals surface area contributed by atoms with Crippen molar-refractivity contribution in [3.05, 3.63) is 12.2 Å². The minimum absolute atomic E-state index is 0.0290. The molecule has 19 heavy (non-hydrogen) atoms. The van der Waals surface area contributed by atoms with Crippen LogP contribution in [0, 0.1) is 28.6 Å². The number of rotatable bonds is 1. The van der Waals surface area contributed by atoms with Crippen molar-refractivity contribution in [1.29, 1.82) is 0 Å². The van der Waals surface area contributed by atoms with Crippen LogP contribution in [0.4, 0.5) is 0 Å². The van der Waals surface area contributed by atoms with Crippen molar-refractivity contribution in [3.8, 4) is 0 Å². The number of ether oxygens (including phenoxy) is 1. The lowest BCUT2D eigenvalue weighted by Gasteiger charge is -2.48. The maximum absolute atomic E-state index is 11.8. The van der Waals surface area contributed by atoms with Crippen LogP contribution in [-0.2, 0) is 14.3 Å². The number of hydrogen-bond donors (Lipinski definition) is 0. The molecule has 3 heteroatoms. The van der Waals surface area contributed by atoms with E-state index in [2.05, 4.69) is 20.4 Å². The van der Waals surface area contributed by atoms with Crippen LogP contribution in [0.5, 0.6) is 0 Å². The lowest BCUT2D eigenvalue weighted by molar-refractivity contribution is -0.150. The average molecular weight is 262 g/mol. The van der Waals surface area contributed by atoms with Gasteiger partial charge in [-0.3, -0.25) is 0 Å². The summed E-state index contributed by atoms with van der Waals surface area (Å²) in [6.45, 7) is 10.4. The van der Waals surface area contributed by atoms with Gasteiger partial charge < -0.3 is 9.53 Å². The molecule has 0 aromatic carbocycles. The number of fused-ring (bicyclic) bond motifs is 3. The smallest absolute Gasteiger partial charge is 0.334 e. The molecule has 2 aliphatic carbocycles. The van der Waals surface area contributed by atoms with E-state index in [1.165, 1.54) is 0 Å². The summed E-state index contributed by atoms with van der Waals surface area (Å²) < 4.78 is 5.61. The molecule has 1 saturated heterocycles. The van der Waals surface area contributed by atoms with Crippen molar-refractivity contribution in [2.24, 2.45) is 28.6 Å². The topological polar surface area (TPSA) is 43.4 Å². The Morgan fingerprint density at radius 1 is 1.37 bits per heavy atom. The van der Waals surface area contributed by atoms with E-state index in [0.717, 1.165) is 19.1 Å². The molecule has 104 valence electrons. The highest BCUT2D eigenvalue weighted by atomic mass is 16.6. The van der Waals surface area contributed by atoms with Crippen molar-refractivity contribution in [2.45, 2.75) is 46.1 Å². The summed E-state index contributed by atoms with van der Waals surface area (Å²) in [5.41, 5.74) is 0.360. The summed E-state index contributed by atoms with van der Waals surface area (Å²) in [5.74, 6) is 0.387. The van der Waals surface area contributed by atoms with Crippen LogP contribution in [0.15, 0.2) is 12.2 Å². The molecule has 3 nitrogen and oxygen atoms in total. The maximum Gasteiger partial charge on any atom is 0.334 e. The van der Waals surface area contributed by atoms with E-state index in [-0.39, 0.29) is 34.7 Å². The molecule has 0 spiro atoms. The van der Waals surface area contributed by atoms with E-state index in [0.29, 0.717) is 17.9 Å². The van der Waals surface area contributed by atoms with Crippen LogP contribution in [0.1, 0.15) is 40.0 Å². The first-order valence-electron chi connectivity index (χ1n) is 7.16. The van der Waals surface area contributed by atoms with Gasteiger partial charge >= 0.3 is 5.97 Å². The fourth-order valence-electron chi connectivity index (χ4n) is 4.79. The second-order valence-corrected chi connectivity index (χ2v) is 7.49. The van der Waals surface area contributed by atoms with Crippen molar-refractivity contribution in [1.82, 2.24) is 0 Å². The molecule has 3 rings (SSSR count). The third-order valence-corrected chi connectivity index (χ3v) is 5.91. The van der Waals surface area contributed by atoms with Gasteiger partial charge in [-0.15, -0.1) is 0 Å². The van der Waals surface area contributed by atoms with Crippen molar-refractivity contribution < 1.29 is 14.3 Å². The van der Waals surface area contributed by atoms with Crippen molar-refractivity contribution in [2.75, 3.05) is 0 Å². The van der Waals surface area contributed by atoms with Gasteiger partial charge in [-0.1, -0.05) is 27.4 Å². The summed E-state index contributed by atoms with van der Waals surface area (Å²) in [7, 11) is 0. The van der Waals surface area contributed by atoms with E-state index in [1.807, 2.05) is 6.92 Å². The molecule has 0 aromatic heterocycles. The van der Waals surface area contributed by atoms with Crippen molar-refractivity contribution in [3.63, 3.8) is 0 Å². The van der Waals surface area contributed by atoms with E-state index in [4.69, 9.17) is 4.74 Å². The molecule has 5 atom stereocenters. The number of esters is 1. The second kappa shape index (κ2) is 3.71. The Labute approximate surface area is 114 Å². The molecule has 3 aliphatic rings. The molecule has 3 fully saturated rings. The number of hydrogen-bond acceptors (Lipinski definition) is 3. The largest absolute Gasteiger partial charge is 0.458 e. The third-order valence-electron chi connectivity index (χ3n) is 5.91. The lowest BCUT2D eigenvalue weighted by Crippen LogP contribution is -2.49. The zero-order chi connectivity index (χ0) is 14.0. The molecule has 1 aliphatic heterocycles. The average Bonchev–Trinajstić information content (AvgIpc) is 2.81. The molecule has 4 unspecified atom stereocenters. The molecule has 1 heterocycles. The maximum atomic E-state index is 11.8. The Hall–Kier alpha value is -1.12. The molecule has 0 aromatic rings. The van der Waals surface area contributed by atoms with E-state index >= 15 is 0 Å². The second-order valence-electron chi connectivity index (χ2n) is 7.49. The van der Waals surface area contributed by atoms with Gasteiger partial charge in [0.15, 0.2) is 0 Å². The van der Waals surface area contributed by atoms with Gasteiger partial charge in [-0.05, 0) is 30.6 Å². The predicted molar refractivity (Wildman–Crippen MR) is 71.3 cm³/mol. The van der Waals surface area contributed by atoms with Crippen LogP contribution in [0.2, 0.25) is 0 Å². The standard InChI is InChI=1S/C16H22O3/c1-9-10-7-16(4,8-17)11-5-6-15(2,3)12(11)13(10)19-14(9)18/h8,10-13H,1,5-7H2,2-4H3/t10?,11?,12?,13?,16-/m0/s1. The number of carbonyl (C=O) groups is 2. The number of carbonyl (C=O) groups excluding carboxylic acids is 2. The van der Waals surface area contributed by atoms with E-state index < -0.39 is 0 Å². The minimum atomic E-state index is -0.337. The SMILES string of the molecule is C=C1C(=O)OC2C1C[C@@](C)(C=O)C1CCC(C)(C)C21. The molecule has 0 bridgehead atoms. The minimum Gasteiger partial charge on any atom is -0.458 e. The fraction of sp³-hybridized carbons (Fsp3) is 0.750. The van der Waals surface area contributed by atoms with Crippen LogP contribution >= 0.6 is 0 Å². The first-order chi connectivity index (χ1) is 8.80. The van der Waals surface area contributed by atoms with Crippen LogP contribution in [0.3, 0.4) is 0 Å². The fourth-order valence-corrected chi connectivity index (χ4v) is 4.79. The van der Waals surface area contributed by atoms with E-state index in [1.54, 1.807) is 0 Å². The molecular weight excluding hydrogens is 240 g/mol. The van der Waals surface area contributed by atoms with Crippen LogP contribution in [0.25, 0.3) is 0 Å². The Kier molecular flexibility index (Phi) is 2.52. The van der Waals surface area contributed by atoms with Crippen LogP contribution in [-0.4, -0.2) is 18.4 Å². The highest BCUT2D eigenvalue weighted by molar-refractivity contribution is 5.91. The molecule has 0 N–H and O–H groups in total. The first kappa shape index (κ1) is 12.9. The normalized spacial score (nSPS) is 47.5.